The predicted octanol–water partition coefficient (Wildman–Crippen LogP) is 2.27. The molecule has 0 amide bonds. The Labute approximate surface area is 109 Å². The molecular weight excluding hydrogens is 226 g/mol. The standard InChI is InChI=1S/C14H21N3O/c1-12(7-8-15)17(2)9-4-10-18-14-6-3-5-13(16)11-14/h3,5-6,11-12H,4,7,9-10,16H2,1-2H3. The van der Waals surface area contributed by atoms with E-state index in [9.17, 15) is 0 Å². The molecular formula is C14H21N3O. The summed E-state index contributed by atoms with van der Waals surface area (Å²) in [6.45, 7) is 3.64. The topological polar surface area (TPSA) is 62.3 Å². The third kappa shape index (κ3) is 5.07. The van der Waals surface area contributed by atoms with E-state index in [0.717, 1.165) is 18.7 Å². The van der Waals surface area contributed by atoms with Crippen LogP contribution in [-0.2, 0) is 0 Å². The van der Waals surface area contributed by atoms with Gasteiger partial charge in [0.1, 0.15) is 5.75 Å². The second-order valence-corrected chi connectivity index (χ2v) is 4.47. The maximum absolute atomic E-state index is 8.62. The fraction of sp³-hybridized carbons (Fsp3) is 0.500. The van der Waals surface area contributed by atoms with Crippen LogP contribution in [-0.4, -0.2) is 31.1 Å². The Hall–Kier alpha value is -1.73. The molecule has 4 nitrogen and oxygen atoms in total. The zero-order valence-electron chi connectivity index (χ0n) is 11.1. The lowest BCUT2D eigenvalue weighted by Gasteiger charge is -2.22. The van der Waals surface area contributed by atoms with Crippen molar-refractivity contribution in [3.05, 3.63) is 24.3 Å². The SMILES string of the molecule is CC(CC#N)N(C)CCCOc1cccc(N)c1. The first-order valence-corrected chi connectivity index (χ1v) is 6.19. The van der Waals surface area contributed by atoms with Gasteiger partial charge in [0.2, 0.25) is 0 Å². The summed E-state index contributed by atoms with van der Waals surface area (Å²) in [7, 11) is 2.03. The van der Waals surface area contributed by atoms with Crippen LogP contribution in [0.4, 0.5) is 5.69 Å². The molecule has 1 aromatic rings. The Morgan fingerprint density at radius 2 is 2.28 bits per heavy atom. The third-order valence-corrected chi connectivity index (χ3v) is 2.92. The zero-order chi connectivity index (χ0) is 13.4. The number of ether oxygens (including phenoxy) is 1. The number of nitriles is 1. The van der Waals surface area contributed by atoms with Crippen LogP contribution < -0.4 is 10.5 Å². The molecule has 4 heteroatoms. The zero-order valence-corrected chi connectivity index (χ0v) is 11.1. The molecule has 1 rings (SSSR count). The van der Waals surface area contributed by atoms with Crippen molar-refractivity contribution in [2.24, 2.45) is 0 Å². The number of rotatable bonds is 7. The monoisotopic (exact) mass is 247 g/mol. The van der Waals surface area contributed by atoms with E-state index < -0.39 is 0 Å². The van der Waals surface area contributed by atoms with E-state index >= 15 is 0 Å². The van der Waals surface area contributed by atoms with E-state index in [4.69, 9.17) is 15.7 Å². The summed E-state index contributed by atoms with van der Waals surface area (Å²) in [4.78, 5) is 2.17. The van der Waals surface area contributed by atoms with Gasteiger partial charge < -0.3 is 15.4 Å². The molecule has 0 bridgehead atoms. The van der Waals surface area contributed by atoms with Gasteiger partial charge >= 0.3 is 0 Å². The number of hydrogen-bond donors (Lipinski definition) is 1. The molecule has 0 aliphatic heterocycles. The van der Waals surface area contributed by atoms with Gasteiger partial charge in [0, 0.05) is 24.3 Å². The highest BCUT2D eigenvalue weighted by Gasteiger charge is 2.07. The maximum atomic E-state index is 8.62. The normalized spacial score (nSPS) is 12.1. The first-order chi connectivity index (χ1) is 8.63. The molecule has 0 heterocycles. The molecule has 98 valence electrons. The highest BCUT2D eigenvalue weighted by molar-refractivity contribution is 5.43. The first-order valence-electron chi connectivity index (χ1n) is 6.19. The molecule has 0 aliphatic rings. The minimum Gasteiger partial charge on any atom is -0.493 e. The lowest BCUT2D eigenvalue weighted by molar-refractivity contribution is 0.226. The van der Waals surface area contributed by atoms with Crippen LogP contribution in [0.25, 0.3) is 0 Å². The summed E-state index contributed by atoms with van der Waals surface area (Å²) in [6, 6.07) is 9.92. The van der Waals surface area contributed by atoms with Crippen molar-refractivity contribution in [1.82, 2.24) is 4.90 Å². The van der Waals surface area contributed by atoms with Crippen LogP contribution in [0.3, 0.4) is 0 Å². The van der Waals surface area contributed by atoms with Gasteiger partial charge in [-0.1, -0.05) is 6.07 Å². The largest absolute Gasteiger partial charge is 0.493 e. The number of nitrogens with zero attached hydrogens (tertiary/aromatic N) is 2. The number of benzene rings is 1. The molecule has 1 aromatic carbocycles. The average molecular weight is 247 g/mol. The molecule has 0 spiro atoms. The van der Waals surface area contributed by atoms with Crippen LogP contribution in [0, 0.1) is 11.3 Å². The van der Waals surface area contributed by atoms with Crippen molar-refractivity contribution < 1.29 is 4.74 Å². The van der Waals surface area contributed by atoms with Gasteiger partial charge in [-0.2, -0.15) is 5.26 Å². The van der Waals surface area contributed by atoms with Crippen molar-refractivity contribution in [2.75, 3.05) is 25.9 Å². The number of nitrogens with two attached hydrogens (primary N) is 1. The van der Waals surface area contributed by atoms with Crippen LogP contribution >= 0.6 is 0 Å². The smallest absolute Gasteiger partial charge is 0.121 e. The summed E-state index contributed by atoms with van der Waals surface area (Å²) in [5.41, 5.74) is 6.38. The molecule has 0 fully saturated rings. The Kier molecular flexibility index (Phi) is 6.03. The fourth-order valence-corrected chi connectivity index (χ4v) is 1.62. The molecule has 0 radical (unpaired) electrons. The fourth-order valence-electron chi connectivity index (χ4n) is 1.62. The second kappa shape index (κ2) is 7.57. The average Bonchev–Trinajstić information content (AvgIpc) is 2.35. The van der Waals surface area contributed by atoms with E-state index in [1.165, 1.54) is 0 Å². The summed E-state index contributed by atoms with van der Waals surface area (Å²) in [5, 5.41) is 8.62. The summed E-state index contributed by atoms with van der Waals surface area (Å²) in [6.07, 6.45) is 1.49. The van der Waals surface area contributed by atoms with Gasteiger partial charge in [-0.15, -0.1) is 0 Å². The Balaban J connectivity index is 2.21. The van der Waals surface area contributed by atoms with Crippen LogP contribution in [0.1, 0.15) is 19.8 Å². The highest BCUT2D eigenvalue weighted by Crippen LogP contribution is 2.14. The van der Waals surface area contributed by atoms with Crippen molar-refractivity contribution in [1.29, 1.82) is 5.26 Å². The van der Waals surface area contributed by atoms with Crippen LogP contribution in [0.5, 0.6) is 5.75 Å². The van der Waals surface area contributed by atoms with Gasteiger partial charge in [0.05, 0.1) is 19.1 Å². The lowest BCUT2D eigenvalue weighted by atomic mass is 10.2. The molecule has 0 saturated carbocycles. The Morgan fingerprint density at radius 3 is 2.94 bits per heavy atom. The van der Waals surface area contributed by atoms with Crippen molar-refractivity contribution >= 4 is 5.69 Å². The summed E-state index contributed by atoms with van der Waals surface area (Å²) >= 11 is 0. The quantitative estimate of drug-likeness (QED) is 0.593. The molecule has 0 aliphatic carbocycles. The molecule has 1 atom stereocenters. The van der Waals surface area contributed by atoms with E-state index in [2.05, 4.69) is 17.9 Å². The molecule has 0 saturated heterocycles. The van der Waals surface area contributed by atoms with Gasteiger partial charge in [-0.25, -0.2) is 0 Å². The van der Waals surface area contributed by atoms with Crippen LogP contribution in [0.15, 0.2) is 24.3 Å². The molecule has 1 unspecified atom stereocenters. The number of nitrogen functional groups attached to an aromatic ring is 1. The van der Waals surface area contributed by atoms with Gasteiger partial charge in [-0.3, -0.25) is 0 Å². The van der Waals surface area contributed by atoms with Gasteiger partial charge in [-0.05, 0) is 32.5 Å². The summed E-state index contributed by atoms with van der Waals surface area (Å²) < 4.78 is 5.61. The summed E-state index contributed by atoms with van der Waals surface area (Å²) in [5.74, 6) is 0.808. The first kappa shape index (κ1) is 14.3. The molecule has 0 aromatic heterocycles. The van der Waals surface area contributed by atoms with Crippen molar-refractivity contribution in [3.8, 4) is 11.8 Å². The van der Waals surface area contributed by atoms with Gasteiger partial charge in [0.25, 0.3) is 0 Å². The van der Waals surface area contributed by atoms with Gasteiger partial charge in [0.15, 0.2) is 0 Å². The minimum atomic E-state index is 0.294. The Bertz CT molecular complexity index is 400. The van der Waals surface area contributed by atoms with Crippen molar-refractivity contribution in [3.63, 3.8) is 0 Å². The second-order valence-electron chi connectivity index (χ2n) is 4.47. The van der Waals surface area contributed by atoms with E-state index in [1.54, 1.807) is 0 Å². The highest BCUT2D eigenvalue weighted by atomic mass is 16.5. The minimum absolute atomic E-state index is 0.294. The van der Waals surface area contributed by atoms with E-state index in [-0.39, 0.29) is 0 Å². The van der Waals surface area contributed by atoms with Crippen LogP contribution in [0.2, 0.25) is 0 Å². The Morgan fingerprint density at radius 1 is 1.50 bits per heavy atom. The number of anilines is 1. The molecule has 2 N–H and O–H groups in total. The number of hydrogen-bond acceptors (Lipinski definition) is 4. The maximum Gasteiger partial charge on any atom is 0.121 e. The third-order valence-electron chi connectivity index (χ3n) is 2.92. The lowest BCUT2D eigenvalue weighted by Crippen LogP contribution is -2.30. The molecule has 18 heavy (non-hydrogen) atoms. The predicted molar refractivity (Wildman–Crippen MR) is 73.3 cm³/mol. The van der Waals surface area contributed by atoms with E-state index in [1.807, 2.05) is 31.3 Å². The van der Waals surface area contributed by atoms with Crippen molar-refractivity contribution in [2.45, 2.75) is 25.8 Å². The van der Waals surface area contributed by atoms with E-state index in [0.29, 0.717) is 24.8 Å².